The summed E-state index contributed by atoms with van der Waals surface area (Å²) in [4.78, 5) is -0.159. The molecular weight excluding hydrogens is 219 g/mol. The van der Waals surface area contributed by atoms with Gasteiger partial charge in [-0.3, -0.25) is 0 Å². The van der Waals surface area contributed by atoms with E-state index in [4.69, 9.17) is 5.14 Å². The van der Waals surface area contributed by atoms with Gasteiger partial charge in [-0.25, -0.2) is 17.9 Å². The number of benzene rings is 1. The summed E-state index contributed by atoms with van der Waals surface area (Å²) in [6.07, 6.45) is 0. The number of hydrogen-bond acceptors (Lipinski definition) is 3. The molecule has 0 radical (unpaired) electrons. The quantitative estimate of drug-likeness (QED) is 0.797. The lowest BCUT2D eigenvalue weighted by molar-refractivity contribution is 0.586. The van der Waals surface area contributed by atoms with Crippen molar-refractivity contribution in [3.8, 4) is 0 Å². The molecule has 0 amide bonds. The maximum absolute atomic E-state index is 13.3. The van der Waals surface area contributed by atoms with Gasteiger partial charge in [-0.15, -0.1) is 0 Å². The van der Waals surface area contributed by atoms with Crippen LogP contribution in [0.4, 0.5) is 4.39 Å². The van der Waals surface area contributed by atoms with Crippen LogP contribution in [0, 0.1) is 12.7 Å². The summed E-state index contributed by atoms with van der Waals surface area (Å²) in [7, 11) is -2.18. The molecule has 1 aromatic carbocycles. The fourth-order valence-corrected chi connectivity index (χ4v) is 2.15. The van der Waals surface area contributed by atoms with Crippen LogP contribution in [0.5, 0.6) is 0 Å². The molecule has 0 unspecified atom stereocenters. The van der Waals surface area contributed by atoms with Crippen LogP contribution in [0.15, 0.2) is 17.0 Å². The molecule has 3 N–H and O–H groups in total. The Balaban J connectivity index is 3.38. The van der Waals surface area contributed by atoms with Crippen LogP contribution in [0.3, 0.4) is 0 Å². The van der Waals surface area contributed by atoms with Crippen LogP contribution < -0.4 is 10.5 Å². The van der Waals surface area contributed by atoms with E-state index in [-0.39, 0.29) is 10.5 Å². The zero-order chi connectivity index (χ0) is 11.6. The number of halogens is 1. The highest BCUT2D eigenvalue weighted by Gasteiger charge is 2.15. The summed E-state index contributed by atoms with van der Waals surface area (Å²) in [5.74, 6) is -0.563. The molecule has 15 heavy (non-hydrogen) atoms. The lowest BCUT2D eigenvalue weighted by atomic mass is 10.1. The van der Waals surface area contributed by atoms with Crippen LogP contribution in [-0.2, 0) is 16.6 Å². The Morgan fingerprint density at radius 2 is 2.07 bits per heavy atom. The molecule has 4 nitrogen and oxygen atoms in total. The monoisotopic (exact) mass is 232 g/mol. The van der Waals surface area contributed by atoms with Crippen LogP contribution in [0.2, 0.25) is 0 Å². The minimum atomic E-state index is -3.86. The maximum atomic E-state index is 13.3. The molecule has 0 heterocycles. The largest absolute Gasteiger partial charge is 0.316 e. The van der Waals surface area contributed by atoms with Crippen LogP contribution >= 0.6 is 0 Å². The smallest absolute Gasteiger partial charge is 0.238 e. The van der Waals surface area contributed by atoms with Gasteiger partial charge in [0.25, 0.3) is 0 Å². The number of hydrogen-bond donors (Lipinski definition) is 2. The van der Waals surface area contributed by atoms with E-state index in [0.717, 1.165) is 0 Å². The molecule has 6 heteroatoms. The topological polar surface area (TPSA) is 72.2 Å². The molecule has 0 aliphatic rings. The van der Waals surface area contributed by atoms with Crippen molar-refractivity contribution in [2.45, 2.75) is 18.4 Å². The summed E-state index contributed by atoms with van der Waals surface area (Å²) in [5.41, 5.74) is 0.599. The van der Waals surface area contributed by atoms with Crippen molar-refractivity contribution < 1.29 is 12.8 Å². The predicted molar refractivity (Wildman–Crippen MR) is 55.3 cm³/mol. The van der Waals surface area contributed by atoms with Gasteiger partial charge in [0.15, 0.2) is 0 Å². The molecule has 0 saturated heterocycles. The molecule has 0 aromatic heterocycles. The highest BCUT2D eigenvalue weighted by molar-refractivity contribution is 7.89. The van der Waals surface area contributed by atoms with Gasteiger partial charge in [-0.1, -0.05) is 0 Å². The molecule has 0 spiro atoms. The van der Waals surface area contributed by atoms with Crippen molar-refractivity contribution in [3.05, 3.63) is 29.1 Å². The summed E-state index contributed by atoms with van der Waals surface area (Å²) in [6, 6.07) is 2.67. The fraction of sp³-hybridized carbons (Fsp3) is 0.333. The number of rotatable bonds is 3. The third-order valence-corrected chi connectivity index (χ3v) is 3.08. The summed E-state index contributed by atoms with van der Waals surface area (Å²) >= 11 is 0. The molecule has 0 aliphatic heterocycles. The summed E-state index contributed by atoms with van der Waals surface area (Å²) in [6.45, 7) is 1.78. The first-order valence-electron chi connectivity index (χ1n) is 4.32. The van der Waals surface area contributed by atoms with Crippen LogP contribution in [-0.4, -0.2) is 15.5 Å². The number of nitrogens with two attached hydrogens (primary N) is 1. The zero-order valence-corrected chi connectivity index (χ0v) is 9.36. The lowest BCUT2D eigenvalue weighted by Crippen LogP contribution is -2.16. The van der Waals surface area contributed by atoms with Crippen molar-refractivity contribution in [2.24, 2.45) is 5.14 Å². The highest BCUT2D eigenvalue weighted by Crippen LogP contribution is 2.19. The SMILES string of the molecule is CNCc1cc(F)c(C)c(S(N)(=O)=O)c1. The van der Waals surface area contributed by atoms with Crippen molar-refractivity contribution >= 4 is 10.0 Å². The fourth-order valence-electron chi connectivity index (χ4n) is 1.31. The van der Waals surface area contributed by atoms with E-state index in [9.17, 15) is 12.8 Å². The lowest BCUT2D eigenvalue weighted by Gasteiger charge is -2.08. The van der Waals surface area contributed by atoms with Gasteiger partial charge < -0.3 is 5.32 Å². The second kappa shape index (κ2) is 4.26. The third-order valence-electron chi connectivity index (χ3n) is 2.04. The highest BCUT2D eigenvalue weighted by atomic mass is 32.2. The van der Waals surface area contributed by atoms with Gasteiger partial charge in [0.05, 0.1) is 4.90 Å². The van der Waals surface area contributed by atoms with Gasteiger partial charge >= 0.3 is 0 Å². The van der Waals surface area contributed by atoms with E-state index < -0.39 is 15.8 Å². The number of sulfonamides is 1. The first kappa shape index (κ1) is 12.1. The molecular formula is C9H13FN2O2S. The third kappa shape index (κ3) is 2.74. The standard InChI is InChI=1S/C9H13FN2O2S/c1-6-8(10)3-7(5-12-2)4-9(6)15(11,13)14/h3-4,12H,5H2,1-2H3,(H2,11,13,14). The van der Waals surface area contributed by atoms with Crippen molar-refractivity contribution in [2.75, 3.05) is 7.05 Å². The second-order valence-corrected chi connectivity index (χ2v) is 4.81. The predicted octanol–water partition coefficient (Wildman–Crippen LogP) is 0.501. The van der Waals surface area contributed by atoms with Gasteiger partial charge in [0.2, 0.25) is 10.0 Å². The average Bonchev–Trinajstić information content (AvgIpc) is 2.09. The summed E-state index contributed by atoms with van der Waals surface area (Å²) in [5, 5.41) is 7.78. The van der Waals surface area contributed by atoms with E-state index in [0.29, 0.717) is 12.1 Å². The molecule has 0 atom stereocenters. The molecule has 0 bridgehead atoms. The molecule has 1 rings (SSSR count). The van der Waals surface area contributed by atoms with Gasteiger partial charge in [-0.2, -0.15) is 0 Å². The van der Waals surface area contributed by atoms with Crippen molar-refractivity contribution in [3.63, 3.8) is 0 Å². The summed E-state index contributed by atoms with van der Waals surface area (Å²) < 4.78 is 35.7. The first-order valence-corrected chi connectivity index (χ1v) is 5.87. The minimum Gasteiger partial charge on any atom is -0.316 e. The van der Waals surface area contributed by atoms with E-state index in [2.05, 4.69) is 5.32 Å². The maximum Gasteiger partial charge on any atom is 0.238 e. The van der Waals surface area contributed by atoms with Crippen molar-refractivity contribution in [1.82, 2.24) is 5.32 Å². The Hall–Kier alpha value is -0.980. The zero-order valence-electron chi connectivity index (χ0n) is 8.54. The van der Waals surface area contributed by atoms with E-state index >= 15 is 0 Å². The Morgan fingerprint density at radius 1 is 1.47 bits per heavy atom. The van der Waals surface area contributed by atoms with Gasteiger partial charge in [0.1, 0.15) is 5.82 Å². The Morgan fingerprint density at radius 3 is 2.53 bits per heavy atom. The molecule has 84 valence electrons. The Labute approximate surface area is 88.3 Å². The van der Waals surface area contributed by atoms with E-state index in [1.165, 1.54) is 19.1 Å². The number of nitrogens with one attached hydrogen (secondary N) is 1. The van der Waals surface area contributed by atoms with Crippen molar-refractivity contribution in [1.29, 1.82) is 0 Å². The van der Waals surface area contributed by atoms with Crippen LogP contribution in [0.25, 0.3) is 0 Å². The average molecular weight is 232 g/mol. The number of primary sulfonamides is 1. The van der Waals surface area contributed by atoms with Gasteiger partial charge in [0, 0.05) is 12.1 Å². The minimum absolute atomic E-state index is 0.0531. The Kier molecular flexibility index (Phi) is 3.43. The molecule has 0 aliphatic carbocycles. The Bertz CT molecular complexity index is 471. The van der Waals surface area contributed by atoms with E-state index in [1.54, 1.807) is 7.05 Å². The second-order valence-electron chi connectivity index (χ2n) is 3.28. The molecule has 0 saturated carbocycles. The van der Waals surface area contributed by atoms with Gasteiger partial charge in [-0.05, 0) is 31.7 Å². The molecule has 1 aromatic rings. The van der Waals surface area contributed by atoms with E-state index in [1.807, 2.05) is 0 Å². The normalized spacial score (nSPS) is 11.7. The first-order chi connectivity index (χ1) is 6.86. The molecule has 0 fully saturated rings. The van der Waals surface area contributed by atoms with Crippen LogP contribution in [0.1, 0.15) is 11.1 Å².